The SMILES string of the molecule is CC(=O)O[C@H]1[C@H](C)O[C@@H](O[C@@H]2C[C@H](O[C@@H]3C[C@H](OCc4ccccc4)O[C@H](C)[C@H]3OC(=O)c3ccccc3)O[C@H](C)[C@H]2O)[C@H](I)[C@]1(C)O. The number of aliphatic hydroxyl groups excluding tert-OH is 1. The summed E-state index contributed by atoms with van der Waals surface area (Å²) in [6.45, 7) is 8.36. The predicted octanol–water partition coefficient (Wildman–Crippen LogP) is 4.06. The van der Waals surface area contributed by atoms with Crippen molar-refractivity contribution in [3.63, 3.8) is 0 Å². The standard InChI is InChI=1S/C35H45IO12/c1-19-29(38)25(47-34-31(36)35(5,40)32(21(3)44-34)45-22(4)37)16-28(42-19)46-26-17-27(41-18-23-12-8-6-9-13-23)43-20(2)30(26)48-33(39)24-14-10-7-11-15-24/h6-15,19-21,25-32,34,38,40H,16-18H2,1-5H3/t19-,20-,21+,25-,26-,27-,28+,29-,30-,31+,32+,34+,35+/m1/s1. The van der Waals surface area contributed by atoms with Crippen LogP contribution in [0.25, 0.3) is 0 Å². The average Bonchev–Trinajstić information content (AvgIpc) is 3.05. The fourth-order valence-electron chi connectivity index (χ4n) is 6.29. The maximum absolute atomic E-state index is 13.1. The van der Waals surface area contributed by atoms with Crippen molar-refractivity contribution in [1.29, 1.82) is 0 Å². The summed E-state index contributed by atoms with van der Waals surface area (Å²) in [7, 11) is 0. The van der Waals surface area contributed by atoms with Crippen molar-refractivity contribution >= 4 is 34.5 Å². The number of ether oxygens (including phenoxy) is 8. The zero-order valence-electron chi connectivity index (χ0n) is 27.7. The molecule has 0 aliphatic carbocycles. The van der Waals surface area contributed by atoms with Crippen LogP contribution in [0.5, 0.6) is 0 Å². The Bertz CT molecular complexity index is 1350. The Balaban J connectivity index is 1.30. The fraction of sp³-hybridized carbons (Fsp3) is 0.600. The molecule has 3 fully saturated rings. The first kappa shape index (κ1) is 37.1. The van der Waals surface area contributed by atoms with Gasteiger partial charge in [-0.15, -0.1) is 0 Å². The van der Waals surface area contributed by atoms with Crippen LogP contribution in [0.2, 0.25) is 0 Å². The van der Waals surface area contributed by atoms with E-state index in [4.69, 9.17) is 37.9 Å². The summed E-state index contributed by atoms with van der Waals surface area (Å²) in [6.07, 6.45) is -8.29. The molecule has 3 aliphatic rings. The van der Waals surface area contributed by atoms with Crippen LogP contribution in [0, 0.1) is 0 Å². The fourth-order valence-corrected chi connectivity index (χ4v) is 6.99. The molecular weight excluding hydrogens is 739 g/mol. The van der Waals surface area contributed by atoms with Gasteiger partial charge in [0.25, 0.3) is 0 Å². The van der Waals surface area contributed by atoms with Gasteiger partial charge in [-0.25, -0.2) is 4.79 Å². The Morgan fingerprint density at radius 2 is 1.48 bits per heavy atom. The molecule has 5 rings (SSSR count). The number of rotatable bonds is 10. The zero-order valence-corrected chi connectivity index (χ0v) is 29.8. The van der Waals surface area contributed by atoms with Crippen LogP contribution in [-0.4, -0.2) is 99.4 Å². The molecule has 0 spiro atoms. The van der Waals surface area contributed by atoms with E-state index >= 15 is 0 Å². The second-order valence-corrected chi connectivity index (χ2v) is 14.1. The van der Waals surface area contributed by atoms with Gasteiger partial charge in [-0.3, -0.25) is 4.79 Å². The first-order valence-corrected chi connectivity index (χ1v) is 17.5. The highest BCUT2D eigenvalue weighted by molar-refractivity contribution is 14.1. The minimum atomic E-state index is -1.48. The summed E-state index contributed by atoms with van der Waals surface area (Å²) in [5.74, 6) is -1.05. The molecule has 12 nitrogen and oxygen atoms in total. The maximum atomic E-state index is 13.1. The van der Waals surface area contributed by atoms with E-state index in [-0.39, 0.29) is 12.8 Å². The lowest BCUT2D eigenvalue weighted by molar-refractivity contribution is -0.330. The second kappa shape index (κ2) is 16.2. The first-order chi connectivity index (χ1) is 22.8. The highest BCUT2D eigenvalue weighted by Gasteiger charge is 2.54. The van der Waals surface area contributed by atoms with Gasteiger partial charge in [-0.1, -0.05) is 71.1 Å². The Hall–Kier alpha value is -2.21. The monoisotopic (exact) mass is 784 g/mol. The van der Waals surface area contributed by atoms with Gasteiger partial charge in [-0.05, 0) is 45.4 Å². The number of hydrogen-bond acceptors (Lipinski definition) is 12. The van der Waals surface area contributed by atoms with Crippen LogP contribution in [0.15, 0.2) is 60.7 Å². The topological polar surface area (TPSA) is 148 Å². The zero-order chi connectivity index (χ0) is 34.6. The first-order valence-electron chi connectivity index (χ1n) is 16.2. The molecule has 13 atom stereocenters. The van der Waals surface area contributed by atoms with Crippen LogP contribution in [0.4, 0.5) is 0 Å². The van der Waals surface area contributed by atoms with E-state index in [1.54, 1.807) is 52.0 Å². The van der Waals surface area contributed by atoms with Crippen molar-refractivity contribution in [3.8, 4) is 0 Å². The van der Waals surface area contributed by atoms with Crippen molar-refractivity contribution in [2.45, 2.75) is 131 Å². The third-order valence-electron chi connectivity index (χ3n) is 8.88. The molecule has 0 aromatic heterocycles. The molecule has 264 valence electrons. The number of alkyl halides is 1. The van der Waals surface area contributed by atoms with Gasteiger partial charge in [0.2, 0.25) is 0 Å². The number of benzene rings is 2. The van der Waals surface area contributed by atoms with E-state index in [0.29, 0.717) is 12.2 Å². The van der Waals surface area contributed by atoms with Crippen molar-refractivity contribution in [3.05, 3.63) is 71.8 Å². The lowest BCUT2D eigenvalue weighted by atomic mass is 9.88. The molecule has 2 aromatic carbocycles. The van der Waals surface area contributed by atoms with Gasteiger partial charge in [0.15, 0.2) is 31.1 Å². The molecule has 48 heavy (non-hydrogen) atoms. The van der Waals surface area contributed by atoms with E-state index in [2.05, 4.69) is 0 Å². The Morgan fingerprint density at radius 1 is 0.854 bits per heavy atom. The highest BCUT2D eigenvalue weighted by Crippen LogP contribution is 2.39. The van der Waals surface area contributed by atoms with E-state index < -0.39 is 89.2 Å². The number of hydrogen-bond donors (Lipinski definition) is 2. The molecule has 3 heterocycles. The Labute approximate surface area is 294 Å². The molecule has 13 heteroatoms. The molecule has 3 saturated heterocycles. The van der Waals surface area contributed by atoms with Gasteiger partial charge >= 0.3 is 11.9 Å². The van der Waals surface area contributed by atoms with E-state index in [0.717, 1.165) is 5.56 Å². The smallest absolute Gasteiger partial charge is 0.338 e. The van der Waals surface area contributed by atoms with Crippen molar-refractivity contribution in [2.24, 2.45) is 0 Å². The minimum Gasteiger partial charge on any atom is -0.457 e. The lowest BCUT2D eigenvalue weighted by Gasteiger charge is -2.49. The second-order valence-electron chi connectivity index (χ2n) is 12.8. The van der Waals surface area contributed by atoms with Crippen molar-refractivity contribution < 1.29 is 57.7 Å². The van der Waals surface area contributed by atoms with Crippen LogP contribution >= 0.6 is 22.6 Å². The van der Waals surface area contributed by atoms with Crippen LogP contribution in [0.3, 0.4) is 0 Å². The van der Waals surface area contributed by atoms with Gasteiger partial charge in [0.05, 0.1) is 40.5 Å². The third kappa shape index (κ3) is 8.92. The average molecular weight is 785 g/mol. The number of esters is 2. The number of aliphatic hydroxyl groups is 2. The van der Waals surface area contributed by atoms with Crippen LogP contribution < -0.4 is 0 Å². The van der Waals surface area contributed by atoms with Crippen LogP contribution in [0.1, 0.15) is 63.4 Å². The van der Waals surface area contributed by atoms with Gasteiger partial charge in [0.1, 0.15) is 17.8 Å². The van der Waals surface area contributed by atoms with E-state index in [1.165, 1.54) is 6.92 Å². The van der Waals surface area contributed by atoms with Crippen molar-refractivity contribution in [2.75, 3.05) is 0 Å². The summed E-state index contributed by atoms with van der Waals surface area (Å²) in [5.41, 5.74) is -0.102. The normalized spacial score (nSPS) is 38.6. The quantitative estimate of drug-likeness (QED) is 0.204. The van der Waals surface area contributed by atoms with E-state index in [1.807, 2.05) is 59.0 Å². The molecule has 2 aromatic rings. The number of halogens is 1. The predicted molar refractivity (Wildman–Crippen MR) is 179 cm³/mol. The van der Waals surface area contributed by atoms with Gasteiger partial charge in [0, 0.05) is 19.8 Å². The Morgan fingerprint density at radius 3 is 2.15 bits per heavy atom. The molecule has 0 radical (unpaired) electrons. The third-order valence-corrected chi connectivity index (χ3v) is 10.7. The summed E-state index contributed by atoms with van der Waals surface area (Å²) in [4.78, 5) is 24.8. The highest BCUT2D eigenvalue weighted by atomic mass is 127. The summed E-state index contributed by atoms with van der Waals surface area (Å²) < 4.78 is 47.9. The number of carbonyl (C=O) groups excluding carboxylic acids is 2. The maximum Gasteiger partial charge on any atom is 0.338 e. The van der Waals surface area contributed by atoms with Gasteiger partial charge < -0.3 is 48.1 Å². The largest absolute Gasteiger partial charge is 0.457 e. The molecular formula is C35H45IO12. The number of carbonyl (C=O) groups is 2. The molecule has 0 unspecified atom stereocenters. The molecule has 0 saturated carbocycles. The van der Waals surface area contributed by atoms with Crippen LogP contribution in [-0.2, 0) is 49.3 Å². The summed E-state index contributed by atoms with van der Waals surface area (Å²) >= 11 is 2.01. The molecule has 0 bridgehead atoms. The Kier molecular flexibility index (Phi) is 12.5. The minimum absolute atomic E-state index is 0.110. The van der Waals surface area contributed by atoms with E-state index in [9.17, 15) is 19.8 Å². The van der Waals surface area contributed by atoms with Gasteiger partial charge in [-0.2, -0.15) is 0 Å². The summed E-state index contributed by atoms with van der Waals surface area (Å²) in [5, 5.41) is 22.4. The molecule has 2 N–H and O–H groups in total. The summed E-state index contributed by atoms with van der Waals surface area (Å²) in [6, 6.07) is 18.4. The molecule has 3 aliphatic heterocycles. The van der Waals surface area contributed by atoms with Crippen molar-refractivity contribution in [1.82, 2.24) is 0 Å². The lowest BCUT2D eigenvalue weighted by Crippen LogP contribution is -2.65. The molecule has 0 amide bonds.